The quantitative estimate of drug-likeness (QED) is 0.576. The van der Waals surface area contributed by atoms with E-state index in [1.54, 1.807) is 30.3 Å². The number of amidine groups is 1. The van der Waals surface area contributed by atoms with Crippen LogP contribution in [-0.4, -0.2) is 40.7 Å². The molecule has 3 N–H and O–H groups in total. The Balaban J connectivity index is 1.49. The molecule has 0 unspecified atom stereocenters. The number of carbonyl (C=O) groups excluding carboxylic acids is 1. The van der Waals surface area contributed by atoms with E-state index in [0.29, 0.717) is 47.6 Å². The number of carbonyl (C=O) groups is 1. The smallest absolute Gasteiger partial charge is 0.257 e. The summed E-state index contributed by atoms with van der Waals surface area (Å²) in [5.74, 6) is -0.968. The predicted octanol–water partition coefficient (Wildman–Crippen LogP) is 3.20. The van der Waals surface area contributed by atoms with Gasteiger partial charge in [0, 0.05) is 42.4 Å². The molecule has 0 spiro atoms. The van der Waals surface area contributed by atoms with Crippen LogP contribution in [0.1, 0.15) is 15.9 Å². The second kappa shape index (κ2) is 8.43. The van der Waals surface area contributed by atoms with Gasteiger partial charge in [0.25, 0.3) is 5.91 Å². The van der Waals surface area contributed by atoms with Gasteiger partial charge in [-0.3, -0.25) is 9.79 Å². The van der Waals surface area contributed by atoms with Crippen LogP contribution in [0.3, 0.4) is 0 Å². The summed E-state index contributed by atoms with van der Waals surface area (Å²) < 4.78 is 27.7. The van der Waals surface area contributed by atoms with E-state index in [-0.39, 0.29) is 17.6 Å². The summed E-state index contributed by atoms with van der Waals surface area (Å²) in [6, 6.07) is 13.3. The first-order valence-electron chi connectivity index (χ1n) is 10.3. The molecule has 1 fully saturated rings. The highest BCUT2D eigenvalue weighted by molar-refractivity contribution is 8.14. The molecule has 168 valence electrons. The SMILES string of the molecule is Nc1ccc(F)c([C@]23CN(c4ncc(F)cn4)C[C@@H]2CN=C(NC(=O)c2ccccc2)S3)c1. The number of rotatable bonds is 3. The largest absolute Gasteiger partial charge is 0.399 e. The van der Waals surface area contributed by atoms with E-state index in [1.165, 1.54) is 23.9 Å². The van der Waals surface area contributed by atoms with Gasteiger partial charge in [0.2, 0.25) is 5.95 Å². The van der Waals surface area contributed by atoms with Gasteiger partial charge in [-0.2, -0.15) is 0 Å². The van der Waals surface area contributed by atoms with E-state index in [0.717, 1.165) is 12.4 Å². The first-order valence-corrected chi connectivity index (χ1v) is 11.1. The topological polar surface area (TPSA) is 96.5 Å². The lowest BCUT2D eigenvalue weighted by atomic mass is 9.87. The zero-order chi connectivity index (χ0) is 23.0. The number of aliphatic imine (C=N–C) groups is 1. The molecular weight excluding hydrogens is 446 g/mol. The van der Waals surface area contributed by atoms with Gasteiger partial charge in [-0.15, -0.1) is 0 Å². The number of benzene rings is 2. The van der Waals surface area contributed by atoms with Crippen LogP contribution in [0.5, 0.6) is 0 Å². The third kappa shape index (κ3) is 4.02. The number of nitrogens with zero attached hydrogens (tertiary/aromatic N) is 4. The summed E-state index contributed by atoms with van der Waals surface area (Å²) >= 11 is 1.30. The summed E-state index contributed by atoms with van der Waals surface area (Å²) in [5.41, 5.74) is 7.38. The van der Waals surface area contributed by atoms with E-state index in [9.17, 15) is 9.18 Å². The average Bonchev–Trinajstić information content (AvgIpc) is 3.21. The molecule has 7 nitrogen and oxygen atoms in total. The fourth-order valence-corrected chi connectivity index (χ4v) is 5.71. The maximum absolute atomic E-state index is 15.1. The molecular formula is C23H20F2N6OS. The van der Waals surface area contributed by atoms with Crippen molar-refractivity contribution in [3.8, 4) is 0 Å². The van der Waals surface area contributed by atoms with E-state index >= 15 is 4.39 Å². The Kier molecular flexibility index (Phi) is 5.45. The van der Waals surface area contributed by atoms with Crippen molar-refractivity contribution in [1.29, 1.82) is 0 Å². The highest BCUT2D eigenvalue weighted by atomic mass is 32.2. The maximum Gasteiger partial charge on any atom is 0.257 e. The molecule has 2 aliphatic heterocycles. The summed E-state index contributed by atoms with van der Waals surface area (Å²) in [4.78, 5) is 27.4. The van der Waals surface area contributed by atoms with E-state index in [1.807, 2.05) is 11.0 Å². The Hall–Kier alpha value is -3.53. The van der Waals surface area contributed by atoms with Gasteiger partial charge < -0.3 is 16.0 Å². The number of fused-ring (bicyclic) bond motifs is 1. The van der Waals surface area contributed by atoms with Crippen molar-refractivity contribution in [2.24, 2.45) is 10.9 Å². The summed E-state index contributed by atoms with van der Waals surface area (Å²) in [6.07, 6.45) is 2.21. The number of nitrogen functional groups attached to an aromatic ring is 1. The monoisotopic (exact) mass is 466 g/mol. The number of aromatic nitrogens is 2. The normalized spacial score (nSPS) is 21.9. The minimum atomic E-state index is -0.793. The number of thioether (sulfide) groups is 1. The van der Waals surface area contributed by atoms with E-state index < -0.39 is 10.6 Å². The van der Waals surface area contributed by atoms with Crippen molar-refractivity contribution in [3.05, 3.63) is 83.7 Å². The Morgan fingerprint density at radius 1 is 1.15 bits per heavy atom. The lowest BCUT2D eigenvalue weighted by Crippen LogP contribution is -2.43. The van der Waals surface area contributed by atoms with Gasteiger partial charge in [0.05, 0.1) is 17.1 Å². The predicted molar refractivity (Wildman–Crippen MR) is 124 cm³/mol. The van der Waals surface area contributed by atoms with Crippen molar-refractivity contribution in [3.63, 3.8) is 0 Å². The van der Waals surface area contributed by atoms with Crippen LogP contribution in [0.2, 0.25) is 0 Å². The van der Waals surface area contributed by atoms with Crippen LogP contribution < -0.4 is 16.0 Å². The molecule has 3 heterocycles. The zero-order valence-corrected chi connectivity index (χ0v) is 18.2. The second-order valence-electron chi connectivity index (χ2n) is 7.98. The van der Waals surface area contributed by atoms with Crippen molar-refractivity contribution in [1.82, 2.24) is 15.3 Å². The molecule has 2 atom stereocenters. The molecule has 1 aromatic heterocycles. The van der Waals surface area contributed by atoms with Crippen LogP contribution in [0.25, 0.3) is 0 Å². The summed E-state index contributed by atoms with van der Waals surface area (Å²) in [5, 5.41) is 3.27. The molecule has 0 radical (unpaired) electrons. The molecule has 2 aromatic carbocycles. The average molecular weight is 467 g/mol. The van der Waals surface area contributed by atoms with Crippen LogP contribution in [0.4, 0.5) is 20.4 Å². The summed E-state index contributed by atoms with van der Waals surface area (Å²) in [7, 11) is 0. The van der Waals surface area contributed by atoms with Crippen LogP contribution in [-0.2, 0) is 4.75 Å². The molecule has 0 saturated carbocycles. The molecule has 2 aliphatic rings. The van der Waals surface area contributed by atoms with Gasteiger partial charge in [-0.25, -0.2) is 18.7 Å². The number of anilines is 2. The molecule has 33 heavy (non-hydrogen) atoms. The molecule has 5 rings (SSSR count). The lowest BCUT2D eigenvalue weighted by molar-refractivity contribution is 0.0977. The van der Waals surface area contributed by atoms with Crippen molar-refractivity contribution in [2.45, 2.75) is 4.75 Å². The maximum atomic E-state index is 15.1. The Bertz CT molecular complexity index is 1220. The third-order valence-corrected chi connectivity index (χ3v) is 7.32. The number of nitrogens with one attached hydrogen (secondary N) is 1. The van der Waals surface area contributed by atoms with E-state index in [2.05, 4.69) is 20.3 Å². The number of hydrogen-bond donors (Lipinski definition) is 2. The van der Waals surface area contributed by atoms with Crippen LogP contribution >= 0.6 is 11.8 Å². The van der Waals surface area contributed by atoms with Gasteiger partial charge in [-0.1, -0.05) is 30.0 Å². The third-order valence-electron chi connectivity index (χ3n) is 5.85. The lowest BCUT2D eigenvalue weighted by Gasteiger charge is -2.37. The molecule has 0 bridgehead atoms. The summed E-state index contributed by atoms with van der Waals surface area (Å²) in [6.45, 7) is 1.20. The molecule has 1 amide bonds. The molecule has 10 heteroatoms. The molecule has 0 aliphatic carbocycles. The highest BCUT2D eigenvalue weighted by Gasteiger charge is 2.53. The minimum Gasteiger partial charge on any atom is -0.399 e. The Labute approximate surface area is 193 Å². The second-order valence-corrected chi connectivity index (χ2v) is 9.29. The van der Waals surface area contributed by atoms with Gasteiger partial charge in [-0.05, 0) is 30.3 Å². The van der Waals surface area contributed by atoms with Crippen LogP contribution in [0, 0.1) is 17.6 Å². The minimum absolute atomic E-state index is 0.107. The van der Waals surface area contributed by atoms with Crippen LogP contribution in [0.15, 0.2) is 65.9 Å². The standard InChI is InChI=1S/C23H20F2N6OS/c24-16-10-27-21(28-11-16)31-12-15-9-29-22(30-20(32)14-4-2-1-3-5-14)33-23(15,13-31)18-8-17(26)6-7-19(18)25/h1-8,10-11,15H,9,12-13,26H2,(H,29,30,32)/t15-,23-/m0/s1. The van der Waals surface area contributed by atoms with E-state index in [4.69, 9.17) is 5.73 Å². The fraction of sp³-hybridized carbons (Fsp3) is 0.217. The number of nitrogens with two attached hydrogens (primary N) is 1. The van der Waals surface area contributed by atoms with Gasteiger partial charge in [0.15, 0.2) is 11.0 Å². The number of amides is 1. The first kappa shape index (κ1) is 21.3. The van der Waals surface area contributed by atoms with Crippen molar-refractivity contribution < 1.29 is 13.6 Å². The molecule has 3 aromatic rings. The Morgan fingerprint density at radius 2 is 1.91 bits per heavy atom. The first-order chi connectivity index (χ1) is 15.9. The molecule has 1 saturated heterocycles. The highest BCUT2D eigenvalue weighted by Crippen LogP contribution is 2.52. The zero-order valence-electron chi connectivity index (χ0n) is 17.4. The van der Waals surface area contributed by atoms with Gasteiger partial charge in [0.1, 0.15) is 5.82 Å². The fourth-order valence-electron chi connectivity index (χ4n) is 4.28. The van der Waals surface area contributed by atoms with Gasteiger partial charge >= 0.3 is 0 Å². The number of halogens is 2. The Morgan fingerprint density at radius 3 is 2.67 bits per heavy atom. The van der Waals surface area contributed by atoms with Crippen molar-refractivity contribution in [2.75, 3.05) is 30.3 Å². The van der Waals surface area contributed by atoms with Crippen molar-refractivity contribution >= 4 is 34.5 Å². The number of hydrogen-bond acceptors (Lipinski definition) is 7.